The first-order valence-electron chi connectivity index (χ1n) is 6.38. The minimum atomic E-state index is 0.223. The fourth-order valence-corrected chi connectivity index (χ4v) is 1.55. The Kier molecular flexibility index (Phi) is 6.82. The highest BCUT2D eigenvalue weighted by atomic mass is 16.1. The van der Waals surface area contributed by atoms with Crippen molar-refractivity contribution in [3.05, 3.63) is 35.9 Å². The highest BCUT2D eigenvalue weighted by Crippen LogP contribution is 2.06. The van der Waals surface area contributed by atoms with Gasteiger partial charge in [-0.05, 0) is 12.8 Å². The molecule has 1 aromatic carbocycles. The summed E-state index contributed by atoms with van der Waals surface area (Å²) >= 11 is 0. The van der Waals surface area contributed by atoms with Crippen molar-refractivity contribution in [1.82, 2.24) is 0 Å². The monoisotopic (exact) mass is 228 g/mol. The molecule has 1 rings (SSSR count). The van der Waals surface area contributed by atoms with E-state index in [0.717, 1.165) is 24.8 Å². The van der Waals surface area contributed by atoms with Gasteiger partial charge >= 0.3 is 0 Å². The van der Waals surface area contributed by atoms with E-state index < -0.39 is 0 Å². The molecular weight excluding hydrogens is 208 g/mol. The van der Waals surface area contributed by atoms with Crippen LogP contribution in [0.5, 0.6) is 0 Å². The number of ketones is 1. The first-order chi connectivity index (χ1) is 8.34. The molecule has 90 valence electrons. The lowest BCUT2D eigenvalue weighted by Crippen LogP contribution is -1.97. The Labute approximate surface area is 104 Å². The van der Waals surface area contributed by atoms with Crippen LogP contribution in [-0.4, -0.2) is 5.78 Å². The Bertz CT molecular complexity index is 381. The van der Waals surface area contributed by atoms with Crippen LogP contribution in [0, 0.1) is 11.8 Å². The molecule has 0 saturated heterocycles. The standard InChI is InChI=1S/C16H20O/c1-2-3-4-5-6-7-11-14-16(17)15-12-9-8-10-13-15/h8-10,12-13H,2-4,7,11,14H2,1H3. The van der Waals surface area contributed by atoms with E-state index in [1.54, 1.807) is 0 Å². The summed E-state index contributed by atoms with van der Waals surface area (Å²) in [5.41, 5.74) is 0.812. The van der Waals surface area contributed by atoms with Gasteiger partial charge in [0.2, 0.25) is 0 Å². The molecule has 0 amide bonds. The highest BCUT2D eigenvalue weighted by molar-refractivity contribution is 5.95. The summed E-state index contributed by atoms with van der Waals surface area (Å²) in [6.07, 6.45) is 5.67. The van der Waals surface area contributed by atoms with Gasteiger partial charge in [0.15, 0.2) is 5.78 Å². The third kappa shape index (κ3) is 5.92. The Morgan fingerprint density at radius 3 is 2.35 bits per heavy atom. The number of Topliss-reactive ketones (excluding diaryl/α,β-unsaturated/α-hetero) is 1. The van der Waals surface area contributed by atoms with Crippen LogP contribution in [0.25, 0.3) is 0 Å². The van der Waals surface area contributed by atoms with Crippen molar-refractivity contribution < 1.29 is 4.79 Å². The molecule has 0 spiro atoms. The van der Waals surface area contributed by atoms with E-state index >= 15 is 0 Å². The van der Waals surface area contributed by atoms with Gasteiger partial charge in [-0.2, -0.15) is 0 Å². The van der Waals surface area contributed by atoms with Crippen molar-refractivity contribution in [1.29, 1.82) is 0 Å². The van der Waals surface area contributed by atoms with Crippen LogP contribution < -0.4 is 0 Å². The predicted octanol–water partition coefficient (Wildman–Crippen LogP) is 4.23. The lowest BCUT2D eigenvalue weighted by atomic mass is 10.1. The summed E-state index contributed by atoms with van der Waals surface area (Å²) in [6, 6.07) is 9.47. The second kappa shape index (κ2) is 8.58. The van der Waals surface area contributed by atoms with E-state index in [9.17, 15) is 4.79 Å². The predicted molar refractivity (Wildman–Crippen MR) is 71.9 cm³/mol. The van der Waals surface area contributed by atoms with E-state index in [1.165, 1.54) is 12.8 Å². The van der Waals surface area contributed by atoms with Gasteiger partial charge in [-0.15, -0.1) is 11.8 Å². The first-order valence-corrected chi connectivity index (χ1v) is 6.38. The second-order valence-electron chi connectivity index (χ2n) is 4.10. The number of carbonyl (C=O) groups excluding carboxylic acids is 1. The van der Waals surface area contributed by atoms with Crippen molar-refractivity contribution >= 4 is 5.78 Å². The van der Waals surface area contributed by atoms with Gasteiger partial charge in [0.05, 0.1) is 0 Å². The molecule has 0 heterocycles. The van der Waals surface area contributed by atoms with Crippen molar-refractivity contribution in [2.45, 2.75) is 45.4 Å². The maximum Gasteiger partial charge on any atom is 0.162 e. The maximum atomic E-state index is 11.7. The zero-order chi connectivity index (χ0) is 12.3. The van der Waals surface area contributed by atoms with Crippen molar-refractivity contribution in [2.75, 3.05) is 0 Å². The van der Waals surface area contributed by atoms with Crippen molar-refractivity contribution in [3.63, 3.8) is 0 Å². The summed E-state index contributed by atoms with van der Waals surface area (Å²) in [5.74, 6) is 6.49. The molecule has 0 radical (unpaired) electrons. The lowest BCUT2D eigenvalue weighted by molar-refractivity contribution is 0.0980. The molecule has 1 aromatic rings. The maximum absolute atomic E-state index is 11.7. The van der Waals surface area contributed by atoms with Crippen LogP contribution in [0.3, 0.4) is 0 Å². The smallest absolute Gasteiger partial charge is 0.162 e. The van der Waals surface area contributed by atoms with Gasteiger partial charge in [0.1, 0.15) is 0 Å². The molecule has 1 heteroatoms. The topological polar surface area (TPSA) is 17.1 Å². The molecule has 0 unspecified atom stereocenters. The highest BCUT2D eigenvalue weighted by Gasteiger charge is 2.02. The van der Waals surface area contributed by atoms with Crippen LogP contribution in [0.4, 0.5) is 0 Å². The summed E-state index contributed by atoms with van der Waals surface area (Å²) in [6.45, 7) is 2.17. The third-order valence-corrected chi connectivity index (χ3v) is 2.58. The zero-order valence-corrected chi connectivity index (χ0v) is 10.5. The quantitative estimate of drug-likeness (QED) is 0.404. The molecule has 0 aliphatic heterocycles. The molecule has 0 N–H and O–H groups in total. The number of hydrogen-bond acceptors (Lipinski definition) is 1. The van der Waals surface area contributed by atoms with E-state index in [1.807, 2.05) is 30.3 Å². The first kappa shape index (κ1) is 13.5. The summed E-state index contributed by atoms with van der Waals surface area (Å²) in [4.78, 5) is 11.7. The van der Waals surface area contributed by atoms with Crippen LogP contribution in [0.2, 0.25) is 0 Å². The fourth-order valence-electron chi connectivity index (χ4n) is 1.55. The molecule has 0 aliphatic carbocycles. The van der Waals surface area contributed by atoms with E-state index in [-0.39, 0.29) is 5.78 Å². The minimum Gasteiger partial charge on any atom is -0.294 e. The van der Waals surface area contributed by atoms with Gasteiger partial charge in [-0.25, -0.2) is 0 Å². The lowest BCUT2D eigenvalue weighted by Gasteiger charge is -1.98. The largest absolute Gasteiger partial charge is 0.294 e. The van der Waals surface area contributed by atoms with Crippen LogP contribution in [-0.2, 0) is 0 Å². The van der Waals surface area contributed by atoms with E-state index in [2.05, 4.69) is 18.8 Å². The molecule has 0 bridgehead atoms. The second-order valence-corrected chi connectivity index (χ2v) is 4.10. The number of carbonyl (C=O) groups is 1. The van der Waals surface area contributed by atoms with Crippen LogP contribution in [0.1, 0.15) is 55.8 Å². The minimum absolute atomic E-state index is 0.223. The molecule has 1 nitrogen and oxygen atoms in total. The van der Waals surface area contributed by atoms with E-state index in [0.29, 0.717) is 6.42 Å². The SMILES string of the molecule is CCCCC#CCCCC(=O)c1ccccc1. The number of benzene rings is 1. The Hall–Kier alpha value is -1.55. The van der Waals surface area contributed by atoms with E-state index in [4.69, 9.17) is 0 Å². The van der Waals surface area contributed by atoms with Gasteiger partial charge in [-0.1, -0.05) is 43.7 Å². The molecule has 0 aromatic heterocycles. The number of unbranched alkanes of at least 4 members (excludes halogenated alkanes) is 3. The van der Waals surface area contributed by atoms with Crippen LogP contribution in [0.15, 0.2) is 30.3 Å². The third-order valence-electron chi connectivity index (χ3n) is 2.58. The van der Waals surface area contributed by atoms with Gasteiger partial charge in [-0.3, -0.25) is 4.79 Å². The van der Waals surface area contributed by atoms with Crippen LogP contribution >= 0.6 is 0 Å². The van der Waals surface area contributed by atoms with Gasteiger partial charge in [0.25, 0.3) is 0 Å². The molecule has 0 saturated carbocycles. The Morgan fingerprint density at radius 2 is 1.71 bits per heavy atom. The zero-order valence-electron chi connectivity index (χ0n) is 10.5. The average molecular weight is 228 g/mol. The molecule has 17 heavy (non-hydrogen) atoms. The molecule has 0 fully saturated rings. The molecule has 0 atom stereocenters. The van der Waals surface area contributed by atoms with Gasteiger partial charge < -0.3 is 0 Å². The van der Waals surface area contributed by atoms with Crippen molar-refractivity contribution in [3.8, 4) is 11.8 Å². The molecule has 0 aliphatic rings. The Balaban J connectivity index is 2.18. The Morgan fingerprint density at radius 1 is 1.06 bits per heavy atom. The number of rotatable bonds is 6. The fraction of sp³-hybridized carbons (Fsp3) is 0.438. The normalized spacial score (nSPS) is 9.47. The van der Waals surface area contributed by atoms with Crippen molar-refractivity contribution in [2.24, 2.45) is 0 Å². The molecular formula is C16H20O. The summed E-state index contributed by atoms with van der Waals surface area (Å²) in [7, 11) is 0. The summed E-state index contributed by atoms with van der Waals surface area (Å²) in [5, 5.41) is 0. The number of hydrogen-bond donors (Lipinski definition) is 0. The summed E-state index contributed by atoms with van der Waals surface area (Å²) < 4.78 is 0. The van der Waals surface area contributed by atoms with Gasteiger partial charge in [0, 0.05) is 24.8 Å². The average Bonchev–Trinajstić information content (AvgIpc) is 2.38.